The van der Waals surface area contributed by atoms with E-state index < -0.39 is 8.07 Å². The highest BCUT2D eigenvalue weighted by Gasteiger charge is 2.44. The molecule has 0 saturated carbocycles. The van der Waals surface area contributed by atoms with Gasteiger partial charge in [-0.3, -0.25) is 0 Å². The van der Waals surface area contributed by atoms with Gasteiger partial charge in [0, 0.05) is 16.5 Å². The number of hydrogen-bond donors (Lipinski definition) is 0. The van der Waals surface area contributed by atoms with Crippen molar-refractivity contribution in [3.05, 3.63) is 186 Å². The second kappa shape index (κ2) is 10.7. The summed E-state index contributed by atoms with van der Waals surface area (Å²) in [6, 6.07) is 61.5. The van der Waals surface area contributed by atoms with Crippen LogP contribution < -0.4 is 20.7 Å². The Morgan fingerprint density at radius 1 is 0.532 bits per heavy atom. The third-order valence-electron chi connectivity index (χ3n) is 10.9. The molecular formula is C45H37NSi. The average Bonchev–Trinajstić information content (AvgIpc) is 3.59. The summed E-state index contributed by atoms with van der Waals surface area (Å²) < 4.78 is 2.61. The number of rotatable bonds is 5. The van der Waals surface area contributed by atoms with E-state index in [1.165, 1.54) is 70.9 Å². The second-order valence-corrected chi connectivity index (χ2v) is 17.4. The molecule has 2 heteroatoms. The second-order valence-electron chi connectivity index (χ2n) is 13.6. The minimum atomic E-state index is -2.68. The van der Waals surface area contributed by atoms with Gasteiger partial charge in [0.1, 0.15) is 0 Å². The Bertz CT molecular complexity index is 2210. The standard InChI is InChI=1S/C45H37NSi/c1-45(2)41-27-14-12-25-37(41)39-29-30-40-38-26-13-15-28-42(38)46(44(40)43(39)45)32-17-16-24-36(31-32)47(33-18-6-3-7-19-33,34-20-8-4-9-21-34)35-22-10-5-11-23-35/h3-28,31H,29-30H2,1-2H3. The molecule has 0 saturated heterocycles. The Labute approximate surface area is 278 Å². The molecule has 0 atom stereocenters. The number of para-hydroxylation sites is 1. The first kappa shape index (κ1) is 28.1. The quantitative estimate of drug-likeness (QED) is 0.135. The van der Waals surface area contributed by atoms with Gasteiger partial charge in [0.15, 0.2) is 8.07 Å². The molecule has 0 bridgehead atoms. The molecule has 226 valence electrons. The molecule has 1 heterocycles. The maximum absolute atomic E-state index is 2.68. The maximum atomic E-state index is 2.61. The van der Waals surface area contributed by atoms with Crippen LogP contribution in [0.3, 0.4) is 0 Å². The minimum Gasteiger partial charge on any atom is -0.309 e. The molecule has 47 heavy (non-hydrogen) atoms. The van der Waals surface area contributed by atoms with E-state index in [0.717, 1.165) is 12.8 Å². The van der Waals surface area contributed by atoms with Gasteiger partial charge in [-0.2, -0.15) is 0 Å². The predicted molar refractivity (Wildman–Crippen MR) is 201 cm³/mol. The van der Waals surface area contributed by atoms with E-state index in [1.54, 1.807) is 0 Å². The monoisotopic (exact) mass is 619 g/mol. The minimum absolute atomic E-state index is 0.0819. The molecule has 0 spiro atoms. The van der Waals surface area contributed by atoms with Crippen LogP contribution in [0.15, 0.2) is 164 Å². The summed E-state index contributed by atoms with van der Waals surface area (Å²) in [7, 11) is -2.68. The SMILES string of the molecule is CC1(C)C2=C(CCc3c2n(-c2cccc([Si](c4ccccc4)(c4ccccc4)c4ccccc4)c2)c2ccccc32)c2ccccc21. The Balaban J connectivity index is 1.36. The molecule has 9 rings (SSSR count). The van der Waals surface area contributed by atoms with Gasteiger partial charge in [0.05, 0.1) is 11.2 Å². The fourth-order valence-electron chi connectivity index (χ4n) is 8.92. The summed E-state index contributed by atoms with van der Waals surface area (Å²) >= 11 is 0. The van der Waals surface area contributed by atoms with Crippen LogP contribution in [-0.4, -0.2) is 12.6 Å². The number of allylic oxidation sites excluding steroid dienone is 2. The molecule has 1 aromatic heterocycles. The third kappa shape index (κ3) is 4.01. The van der Waals surface area contributed by atoms with Crippen LogP contribution in [-0.2, 0) is 11.8 Å². The van der Waals surface area contributed by atoms with Crippen molar-refractivity contribution in [2.24, 2.45) is 0 Å². The number of aryl methyl sites for hydroxylation is 1. The lowest BCUT2D eigenvalue weighted by atomic mass is 9.77. The summed E-state index contributed by atoms with van der Waals surface area (Å²) in [6.07, 6.45) is 2.14. The largest absolute Gasteiger partial charge is 0.309 e. The predicted octanol–water partition coefficient (Wildman–Crippen LogP) is 8.16. The average molecular weight is 620 g/mol. The van der Waals surface area contributed by atoms with Crippen molar-refractivity contribution in [3.63, 3.8) is 0 Å². The summed E-state index contributed by atoms with van der Waals surface area (Å²) in [6.45, 7) is 4.86. The van der Waals surface area contributed by atoms with Gasteiger partial charge in [-0.05, 0) is 79.6 Å². The highest BCUT2D eigenvalue weighted by atomic mass is 28.3. The molecule has 0 radical (unpaired) electrons. The van der Waals surface area contributed by atoms with Crippen molar-refractivity contribution in [2.75, 3.05) is 0 Å². The molecule has 0 amide bonds. The summed E-state index contributed by atoms with van der Waals surface area (Å²) in [4.78, 5) is 0. The Hall–Kier alpha value is -5.18. The number of hydrogen-bond acceptors (Lipinski definition) is 0. The summed E-state index contributed by atoms with van der Waals surface area (Å²) in [5.74, 6) is 0. The third-order valence-corrected chi connectivity index (χ3v) is 15.6. The van der Waals surface area contributed by atoms with Crippen LogP contribution in [0.2, 0.25) is 0 Å². The van der Waals surface area contributed by atoms with E-state index in [1.807, 2.05) is 0 Å². The molecule has 0 fully saturated rings. The van der Waals surface area contributed by atoms with Crippen LogP contribution >= 0.6 is 0 Å². The molecule has 2 aliphatic carbocycles. The van der Waals surface area contributed by atoms with Gasteiger partial charge in [-0.25, -0.2) is 0 Å². The molecule has 1 nitrogen and oxygen atoms in total. The number of nitrogens with zero attached hydrogens (tertiary/aromatic N) is 1. The van der Waals surface area contributed by atoms with E-state index in [4.69, 9.17) is 0 Å². The fourth-order valence-corrected chi connectivity index (χ4v) is 13.7. The van der Waals surface area contributed by atoms with E-state index >= 15 is 0 Å². The van der Waals surface area contributed by atoms with E-state index in [-0.39, 0.29) is 5.41 Å². The van der Waals surface area contributed by atoms with Crippen molar-refractivity contribution >= 4 is 50.9 Å². The zero-order chi connectivity index (χ0) is 31.6. The maximum Gasteiger partial charge on any atom is 0.179 e. The van der Waals surface area contributed by atoms with Gasteiger partial charge < -0.3 is 4.57 Å². The summed E-state index contributed by atoms with van der Waals surface area (Å²) in [5.41, 5.74) is 11.3. The van der Waals surface area contributed by atoms with E-state index in [9.17, 15) is 0 Å². The molecule has 0 N–H and O–H groups in total. The topological polar surface area (TPSA) is 4.93 Å². The van der Waals surface area contributed by atoms with E-state index in [2.05, 4.69) is 182 Å². The van der Waals surface area contributed by atoms with Crippen LogP contribution in [0, 0.1) is 0 Å². The van der Waals surface area contributed by atoms with Gasteiger partial charge >= 0.3 is 0 Å². The van der Waals surface area contributed by atoms with Gasteiger partial charge in [0.2, 0.25) is 0 Å². The Morgan fingerprint density at radius 3 is 1.74 bits per heavy atom. The molecule has 0 aliphatic heterocycles. The van der Waals surface area contributed by atoms with Crippen molar-refractivity contribution in [1.29, 1.82) is 0 Å². The van der Waals surface area contributed by atoms with Crippen LogP contribution in [0.5, 0.6) is 0 Å². The zero-order valence-electron chi connectivity index (χ0n) is 26.9. The van der Waals surface area contributed by atoms with Gasteiger partial charge in [-0.1, -0.05) is 159 Å². The zero-order valence-corrected chi connectivity index (χ0v) is 27.9. The van der Waals surface area contributed by atoms with Crippen molar-refractivity contribution in [3.8, 4) is 5.69 Å². The first-order chi connectivity index (χ1) is 23.1. The number of benzene rings is 6. The molecule has 6 aromatic carbocycles. The lowest BCUT2D eigenvalue weighted by Crippen LogP contribution is -2.74. The van der Waals surface area contributed by atoms with Crippen LogP contribution in [0.1, 0.15) is 42.7 Å². The summed E-state index contributed by atoms with van der Waals surface area (Å²) in [5, 5.41) is 6.96. The van der Waals surface area contributed by atoms with Gasteiger partial charge in [0.25, 0.3) is 0 Å². The molecule has 7 aromatic rings. The number of fused-ring (bicyclic) bond motifs is 6. The first-order valence-corrected chi connectivity index (χ1v) is 18.8. The normalized spacial score (nSPS) is 14.9. The van der Waals surface area contributed by atoms with Crippen molar-refractivity contribution < 1.29 is 0 Å². The Kier molecular flexibility index (Phi) is 6.38. The lowest BCUT2D eigenvalue weighted by Gasteiger charge is -2.35. The smallest absolute Gasteiger partial charge is 0.179 e. The molecular weight excluding hydrogens is 583 g/mol. The highest BCUT2D eigenvalue weighted by molar-refractivity contribution is 7.19. The molecule has 2 aliphatic rings. The van der Waals surface area contributed by atoms with Crippen LogP contribution in [0.25, 0.3) is 27.7 Å². The highest BCUT2D eigenvalue weighted by Crippen LogP contribution is 2.56. The van der Waals surface area contributed by atoms with Gasteiger partial charge in [-0.15, -0.1) is 0 Å². The van der Waals surface area contributed by atoms with Crippen LogP contribution in [0.4, 0.5) is 0 Å². The Morgan fingerprint density at radius 2 is 1.09 bits per heavy atom. The fraction of sp³-hybridized carbons (Fsp3) is 0.111. The van der Waals surface area contributed by atoms with E-state index in [0.29, 0.717) is 0 Å². The number of aromatic nitrogens is 1. The molecule has 0 unspecified atom stereocenters. The van der Waals surface area contributed by atoms with Crippen molar-refractivity contribution in [2.45, 2.75) is 32.1 Å². The van der Waals surface area contributed by atoms with Crippen molar-refractivity contribution in [1.82, 2.24) is 4.57 Å². The first-order valence-electron chi connectivity index (χ1n) is 16.8. The lowest BCUT2D eigenvalue weighted by molar-refractivity contribution is 0.695.